The molecule has 1 aliphatic rings. The van der Waals surface area contributed by atoms with Crippen LogP contribution in [0.15, 0.2) is 24.3 Å². The summed E-state index contributed by atoms with van der Waals surface area (Å²) < 4.78 is 0. The van der Waals surface area contributed by atoms with E-state index in [2.05, 4.69) is 34.1 Å². The normalized spacial score (nSPS) is 17.9. The second-order valence-electron chi connectivity index (χ2n) is 5.00. The molecule has 1 aromatic carbocycles. The van der Waals surface area contributed by atoms with Crippen molar-refractivity contribution in [3.8, 4) is 0 Å². The number of nitrogens with zero attached hydrogens (tertiary/aromatic N) is 1. The summed E-state index contributed by atoms with van der Waals surface area (Å²) in [6.45, 7) is 2.86. The third kappa shape index (κ3) is 2.03. The molecule has 1 atom stereocenters. The van der Waals surface area contributed by atoms with Crippen molar-refractivity contribution in [2.24, 2.45) is 5.73 Å². The van der Waals surface area contributed by atoms with E-state index in [1.807, 2.05) is 0 Å². The van der Waals surface area contributed by atoms with Crippen LogP contribution in [-0.2, 0) is 13.0 Å². The van der Waals surface area contributed by atoms with Crippen LogP contribution < -0.4 is 5.73 Å². The molecule has 0 saturated carbocycles. The van der Waals surface area contributed by atoms with Gasteiger partial charge in [0, 0.05) is 42.8 Å². The Balaban J connectivity index is 1.85. The molecule has 0 saturated heterocycles. The standard InChI is InChI=1S/C14H19N3O/c15-7-10(18)8-17-6-5-12-11-3-1-2-4-13(11)16-14(12)9-17/h1-4,10,16,18H,5-9,15H2. The predicted octanol–water partition coefficient (Wildman–Crippen LogP) is 0.846. The van der Waals surface area contributed by atoms with Gasteiger partial charge in [-0.25, -0.2) is 0 Å². The molecular formula is C14H19N3O. The molecular weight excluding hydrogens is 226 g/mol. The number of fused-ring (bicyclic) bond motifs is 3. The maximum atomic E-state index is 9.62. The molecule has 0 fully saturated rings. The number of nitrogens with one attached hydrogen (secondary N) is 1. The third-order valence-electron chi connectivity index (χ3n) is 3.70. The van der Waals surface area contributed by atoms with E-state index in [9.17, 15) is 5.11 Å². The number of aromatic nitrogens is 1. The molecule has 1 unspecified atom stereocenters. The van der Waals surface area contributed by atoms with Crippen molar-refractivity contribution >= 4 is 10.9 Å². The molecule has 2 aromatic rings. The third-order valence-corrected chi connectivity index (χ3v) is 3.70. The Hall–Kier alpha value is -1.36. The molecule has 96 valence electrons. The van der Waals surface area contributed by atoms with Crippen molar-refractivity contribution < 1.29 is 5.11 Å². The van der Waals surface area contributed by atoms with Gasteiger partial charge >= 0.3 is 0 Å². The van der Waals surface area contributed by atoms with E-state index in [0.717, 1.165) is 19.5 Å². The molecule has 0 bridgehead atoms. The molecule has 4 N–H and O–H groups in total. The zero-order valence-electron chi connectivity index (χ0n) is 10.4. The van der Waals surface area contributed by atoms with E-state index in [4.69, 9.17) is 5.73 Å². The Kier molecular flexibility index (Phi) is 3.07. The lowest BCUT2D eigenvalue weighted by molar-refractivity contribution is 0.111. The van der Waals surface area contributed by atoms with E-state index in [-0.39, 0.29) is 0 Å². The molecule has 1 aliphatic heterocycles. The highest BCUT2D eigenvalue weighted by molar-refractivity contribution is 5.84. The van der Waals surface area contributed by atoms with Gasteiger partial charge in [-0.3, -0.25) is 4.90 Å². The number of benzene rings is 1. The van der Waals surface area contributed by atoms with E-state index in [1.54, 1.807) is 0 Å². The van der Waals surface area contributed by atoms with Crippen LogP contribution >= 0.6 is 0 Å². The summed E-state index contributed by atoms with van der Waals surface area (Å²) in [5, 5.41) is 11.0. The fourth-order valence-corrected chi connectivity index (χ4v) is 2.78. The highest BCUT2D eigenvalue weighted by Gasteiger charge is 2.21. The summed E-state index contributed by atoms with van der Waals surface area (Å²) in [5.41, 5.74) is 9.39. The highest BCUT2D eigenvalue weighted by atomic mass is 16.3. The summed E-state index contributed by atoms with van der Waals surface area (Å²) in [6.07, 6.45) is 0.618. The number of rotatable bonds is 3. The fraction of sp³-hybridized carbons (Fsp3) is 0.429. The lowest BCUT2D eigenvalue weighted by Crippen LogP contribution is -2.39. The van der Waals surface area contributed by atoms with Crippen molar-refractivity contribution in [2.45, 2.75) is 19.1 Å². The number of nitrogens with two attached hydrogens (primary N) is 1. The molecule has 4 nitrogen and oxygen atoms in total. The van der Waals surface area contributed by atoms with Crippen LogP contribution in [0.4, 0.5) is 0 Å². The first-order valence-electron chi connectivity index (χ1n) is 6.47. The minimum Gasteiger partial charge on any atom is -0.390 e. The predicted molar refractivity (Wildman–Crippen MR) is 72.3 cm³/mol. The van der Waals surface area contributed by atoms with E-state index < -0.39 is 6.10 Å². The van der Waals surface area contributed by atoms with Gasteiger partial charge in [0.25, 0.3) is 0 Å². The molecule has 0 radical (unpaired) electrons. The molecule has 18 heavy (non-hydrogen) atoms. The van der Waals surface area contributed by atoms with Crippen LogP contribution in [0, 0.1) is 0 Å². The Morgan fingerprint density at radius 3 is 3.06 bits per heavy atom. The first-order chi connectivity index (χ1) is 8.78. The minimum atomic E-state index is -0.420. The number of H-pyrrole nitrogens is 1. The smallest absolute Gasteiger partial charge is 0.0789 e. The molecule has 0 aliphatic carbocycles. The lowest BCUT2D eigenvalue weighted by atomic mass is 10.0. The summed E-state index contributed by atoms with van der Waals surface area (Å²) >= 11 is 0. The van der Waals surface area contributed by atoms with Crippen LogP contribution in [0.2, 0.25) is 0 Å². The summed E-state index contributed by atoms with van der Waals surface area (Å²) in [7, 11) is 0. The molecule has 0 spiro atoms. The number of aliphatic hydroxyl groups excluding tert-OH is 1. The second-order valence-corrected chi connectivity index (χ2v) is 5.00. The Labute approximate surface area is 106 Å². The first-order valence-corrected chi connectivity index (χ1v) is 6.47. The van der Waals surface area contributed by atoms with Crippen molar-refractivity contribution in [3.05, 3.63) is 35.5 Å². The molecule has 4 heteroatoms. The molecule has 0 amide bonds. The molecule has 1 aromatic heterocycles. The Bertz CT molecular complexity index is 549. The van der Waals surface area contributed by atoms with Gasteiger partial charge in [-0.05, 0) is 18.1 Å². The average molecular weight is 245 g/mol. The number of hydrogen-bond donors (Lipinski definition) is 3. The van der Waals surface area contributed by atoms with Crippen molar-refractivity contribution in [1.82, 2.24) is 9.88 Å². The van der Waals surface area contributed by atoms with Crippen molar-refractivity contribution in [1.29, 1.82) is 0 Å². The van der Waals surface area contributed by atoms with Gasteiger partial charge in [0.15, 0.2) is 0 Å². The van der Waals surface area contributed by atoms with E-state index in [0.29, 0.717) is 13.1 Å². The summed E-state index contributed by atoms with van der Waals surface area (Å²) in [4.78, 5) is 5.74. The number of aliphatic hydroxyl groups is 1. The minimum absolute atomic E-state index is 0.329. The number of para-hydroxylation sites is 1. The van der Waals surface area contributed by atoms with Crippen LogP contribution in [0.5, 0.6) is 0 Å². The first kappa shape index (κ1) is 11.7. The monoisotopic (exact) mass is 245 g/mol. The summed E-state index contributed by atoms with van der Waals surface area (Å²) in [6, 6.07) is 8.43. The van der Waals surface area contributed by atoms with Crippen LogP contribution in [-0.4, -0.2) is 40.7 Å². The van der Waals surface area contributed by atoms with Gasteiger partial charge in [-0.2, -0.15) is 0 Å². The Morgan fingerprint density at radius 2 is 2.22 bits per heavy atom. The maximum absolute atomic E-state index is 9.62. The SMILES string of the molecule is NCC(O)CN1CCc2c([nH]c3ccccc23)C1. The fourth-order valence-electron chi connectivity index (χ4n) is 2.78. The van der Waals surface area contributed by atoms with Gasteiger partial charge in [0.1, 0.15) is 0 Å². The van der Waals surface area contributed by atoms with E-state index >= 15 is 0 Å². The maximum Gasteiger partial charge on any atom is 0.0789 e. The van der Waals surface area contributed by atoms with Crippen LogP contribution in [0.25, 0.3) is 10.9 Å². The van der Waals surface area contributed by atoms with Crippen molar-refractivity contribution in [3.63, 3.8) is 0 Å². The van der Waals surface area contributed by atoms with E-state index in [1.165, 1.54) is 22.2 Å². The summed E-state index contributed by atoms with van der Waals surface area (Å²) in [5.74, 6) is 0. The zero-order chi connectivity index (χ0) is 12.5. The Morgan fingerprint density at radius 1 is 1.39 bits per heavy atom. The molecule has 2 heterocycles. The van der Waals surface area contributed by atoms with Gasteiger partial charge in [0.05, 0.1) is 6.10 Å². The largest absolute Gasteiger partial charge is 0.390 e. The molecule has 3 rings (SSSR count). The average Bonchev–Trinajstić information content (AvgIpc) is 2.76. The van der Waals surface area contributed by atoms with Crippen molar-refractivity contribution in [2.75, 3.05) is 19.6 Å². The number of hydrogen-bond acceptors (Lipinski definition) is 3. The van der Waals surface area contributed by atoms with Gasteiger partial charge in [-0.15, -0.1) is 0 Å². The number of β-amino-alcohol motifs (C(OH)–C–C–N with tert-alkyl or cyclic N) is 1. The van der Waals surface area contributed by atoms with Gasteiger partial charge < -0.3 is 15.8 Å². The number of aromatic amines is 1. The van der Waals surface area contributed by atoms with Gasteiger partial charge in [-0.1, -0.05) is 18.2 Å². The zero-order valence-corrected chi connectivity index (χ0v) is 10.4. The highest BCUT2D eigenvalue weighted by Crippen LogP contribution is 2.27. The quantitative estimate of drug-likeness (QED) is 0.751. The van der Waals surface area contributed by atoms with Crippen LogP contribution in [0.1, 0.15) is 11.3 Å². The second kappa shape index (κ2) is 4.72. The van der Waals surface area contributed by atoms with Crippen LogP contribution in [0.3, 0.4) is 0 Å². The van der Waals surface area contributed by atoms with Gasteiger partial charge in [0.2, 0.25) is 0 Å². The lowest BCUT2D eigenvalue weighted by Gasteiger charge is -2.28. The topological polar surface area (TPSA) is 65.3 Å².